The first-order chi connectivity index (χ1) is 17.1. The van der Waals surface area contributed by atoms with Crippen LogP contribution in [0.4, 0.5) is 5.69 Å². The lowest BCUT2D eigenvalue weighted by Gasteiger charge is -2.19. The summed E-state index contributed by atoms with van der Waals surface area (Å²) in [6.45, 7) is 9.47. The van der Waals surface area contributed by atoms with Gasteiger partial charge in [-0.05, 0) is 58.4 Å². The maximum Gasteiger partial charge on any atom is 0.359 e. The molecule has 0 radical (unpaired) electrons. The highest BCUT2D eigenvalue weighted by molar-refractivity contribution is 6.15. The lowest BCUT2D eigenvalue weighted by atomic mass is 10.0. The molecule has 1 heterocycles. The summed E-state index contributed by atoms with van der Waals surface area (Å²) >= 11 is 0. The first kappa shape index (κ1) is 26.5. The molecule has 0 atom stereocenters. The van der Waals surface area contributed by atoms with Crippen LogP contribution in [0.15, 0.2) is 36.4 Å². The second-order valence-electron chi connectivity index (χ2n) is 8.56. The van der Waals surface area contributed by atoms with Gasteiger partial charge in [-0.1, -0.05) is 17.3 Å². The van der Waals surface area contributed by atoms with Crippen molar-refractivity contribution >= 4 is 17.4 Å². The number of benzene rings is 2. The molecule has 0 fully saturated rings. The Morgan fingerprint density at radius 2 is 1.61 bits per heavy atom. The third kappa shape index (κ3) is 6.12. The van der Waals surface area contributed by atoms with Gasteiger partial charge in [0.05, 0.1) is 38.0 Å². The fourth-order valence-corrected chi connectivity index (χ4v) is 3.47. The standard InChI is InChI=1S/C26H32N4O6/c1-7-34-26(32)24-23(28-29-30(24)14-17-8-10-18(33-6)11-9-17)25(31)19-12-21(35-15(2)3)22(13-20(19)27)36-16(4)5/h8-13,15-16H,7,14,27H2,1-6H3. The molecule has 0 aliphatic heterocycles. The van der Waals surface area contributed by atoms with Crippen molar-refractivity contribution < 1.29 is 28.5 Å². The van der Waals surface area contributed by atoms with E-state index in [0.717, 1.165) is 5.56 Å². The predicted octanol–water partition coefficient (Wildman–Crippen LogP) is 3.90. The molecule has 0 aliphatic carbocycles. The van der Waals surface area contributed by atoms with E-state index in [1.807, 2.05) is 39.8 Å². The molecule has 0 bridgehead atoms. The number of aromatic nitrogens is 3. The Balaban J connectivity index is 2.05. The topological polar surface area (TPSA) is 128 Å². The van der Waals surface area contributed by atoms with Gasteiger partial charge in [-0.2, -0.15) is 0 Å². The van der Waals surface area contributed by atoms with E-state index in [1.165, 1.54) is 16.8 Å². The number of nitrogen functional groups attached to an aromatic ring is 1. The van der Waals surface area contributed by atoms with Gasteiger partial charge in [-0.15, -0.1) is 5.10 Å². The van der Waals surface area contributed by atoms with Crippen LogP contribution in [0.25, 0.3) is 0 Å². The number of ether oxygens (including phenoxy) is 4. The third-order valence-corrected chi connectivity index (χ3v) is 5.00. The average Bonchev–Trinajstić information content (AvgIpc) is 3.24. The molecule has 0 spiro atoms. The number of ketones is 1. The monoisotopic (exact) mass is 496 g/mol. The maximum atomic E-state index is 13.6. The van der Waals surface area contributed by atoms with E-state index in [4.69, 9.17) is 24.7 Å². The molecule has 192 valence electrons. The molecule has 0 saturated carbocycles. The number of hydrogen-bond acceptors (Lipinski definition) is 9. The van der Waals surface area contributed by atoms with Crippen LogP contribution in [-0.4, -0.2) is 52.7 Å². The van der Waals surface area contributed by atoms with Gasteiger partial charge in [-0.25, -0.2) is 9.48 Å². The number of hydrogen-bond donors (Lipinski definition) is 1. The summed E-state index contributed by atoms with van der Waals surface area (Å²) < 4.78 is 23.4. The molecule has 3 rings (SSSR count). The molecule has 0 unspecified atom stereocenters. The van der Waals surface area contributed by atoms with Crippen molar-refractivity contribution in [3.63, 3.8) is 0 Å². The third-order valence-electron chi connectivity index (χ3n) is 5.00. The van der Waals surface area contributed by atoms with E-state index < -0.39 is 11.8 Å². The number of rotatable bonds is 11. The molecular weight excluding hydrogens is 464 g/mol. The zero-order valence-corrected chi connectivity index (χ0v) is 21.4. The van der Waals surface area contributed by atoms with Crippen molar-refractivity contribution in [1.82, 2.24) is 15.0 Å². The molecule has 3 aromatic rings. The van der Waals surface area contributed by atoms with Crippen LogP contribution in [0.2, 0.25) is 0 Å². The summed E-state index contributed by atoms with van der Waals surface area (Å²) in [6.07, 6.45) is -0.305. The number of nitrogens with two attached hydrogens (primary N) is 1. The molecule has 36 heavy (non-hydrogen) atoms. The Bertz CT molecular complexity index is 1220. The minimum absolute atomic E-state index is 0.0640. The van der Waals surface area contributed by atoms with E-state index in [-0.39, 0.29) is 48.0 Å². The van der Waals surface area contributed by atoms with Crippen molar-refractivity contribution in [2.75, 3.05) is 19.5 Å². The molecule has 0 saturated heterocycles. The van der Waals surface area contributed by atoms with Gasteiger partial charge in [0.2, 0.25) is 5.78 Å². The van der Waals surface area contributed by atoms with E-state index in [0.29, 0.717) is 17.2 Å². The highest BCUT2D eigenvalue weighted by atomic mass is 16.5. The Labute approximate surface area is 210 Å². The van der Waals surface area contributed by atoms with Crippen LogP contribution in [0.3, 0.4) is 0 Å². The van der Waals surface area contributed by atoms with Gasteiger partial charge >= 0.3 is 5.97 Å². The van der Waals surface area contributed by atoms with Crippen molar-refractivity contribution in [3.05, 3.63) is 58.9 Å². The minimum Gasteiger partial charge on any atom is -0.497 e. The molecule has 2 N–H and O–H groups in total. The lowest BCUT2D eigenvalue weighted by Crippen LogP contribution is -2.19. The summed E-state index contributed by atoms with van der Waals surface area (Å²) in [6, 6.07) is 10.3. The average molecular weight is 497 g/mol. The highest BCUT2D eigenvalue weighted by Crippen LogP contribution is 2.35. The van der Waals surface area contributed by atoms with Gasteiger partial charge in [-0.3, -0.25) is 4.79 Å². The Hall–Kier alpha value is -4.08. The molecule has 2 aromatic carbocycles. The SMILES string of the molecule is CCOC(=O)c1c(C(=O)c2cc(OC(C)C)c(OC(C)C)cc2N)nnn1Cc1ccc(OC)cc1. The Kier molecular flexibility index (Phi) is 8.52. The maximum absolute atomic E-state index is 13.6. The van der Waals surface area contributed by atoms with Gasteiger partial charge in [0, 0.05) is 11.8 Å². The quantitative estimate of drug-likeness (QED) is 0.239. The first-order valence-electron chi connectivity index (χ1n) is 11.7. The molecule has 0 amide bonds. The van der Waals surface area contributed by atoms with Crippen molar-refractivity contribution in [2.24, 2.45) is 0 Å². The second-order valence-corrected chi connectivity index (χ2v) is 8.56. The van der Waals surface area contributed by atoms with Crippen LogP contribution in [0, 0.1) is 0 Å². The number of carbonyl (C=O) groups excluding carboxylic acids is 2. The van der Waals surface area contributed by atoms with Gasteiger partial charge < -0.3 is 24.7 Å². The van der Waals surface area contributed by atoms with Gasteiger partial charge in [0.15, 0.2) is 22.9 Å². The molecular formula is C26H32N4O6. The van der Waals surface area contributed by atoms with Crippen molar-refractivity contribution in [3.8, 4) is 17.2 Å². The summed E-state index contributed by atoms with van der Waals surface area (Å²) in [5.74, 6) is 0.178. The van der Waals surface area contributed by atoms with Crippen LogP contribution in [0.1, 0.15) is 66.7 Å². The highest BCUT2D eigenvalue weighted by Gasteiger charge is 2.29. The van der Waals surface area contributed by atoms with Crippen molar-refractivity contribution in [1.29, 1.82) is 0 Å². The number of anilines is 1. The van der Waals surface area contributed by atoms with E-state index in [9.17, 15) is 9.59 Å². The van der Waals surface area contributed by atoms with Crippen LogP contribution >= 0.6 is 0 Å². The largest absolute Gasteiger partial charge is 0.497 e. The first-order valence-corrected chi connectivity index (χ1v) is 11.7. The predicted molar refractivity (Wildman–Crippen MR) is 134 cm³/mol. The number of methoxy groups -OCH3 is 1. The van der Waals surface area contributed by atoms with E-state index in [1.54, 1.807) is 26.2 Å². The van der Waals surface area contributed by atoms with E-state index in [2.05, 4.69) is 10.3 Å². The summed E-state index contributed by atoms with van der Waals surface area (Å²) in [4.78, 5) is 26.5. The molecule has 10 nitrogen and oxygen atoms in total. The molecule has 1 aromatic heterocycles. The molecule has 0 aliphatic rings. The number of esters is 1. The fourth-order valence-electron chi connectivity index (χ4n) is 3.47. The normalized spacial score (nSPS) is 11.0. The van der Waals surface area contributed by atoms with Gasteiger partial charge in [0.25, 0.3) is 0 Å². The number of nitrogens with zero attached hydrogens (tertiary/aromatic N) is 3. The zero-order chi connectivity index (χ0) is 26.4. The van der Waals surface area contributed by atoms with Crippen LogP contribution < -0.4 is 19.9 Å². The number of carbonyl (C=O) groups is 2. The Morgan fingerprint density at radius 1 is 1.00 bits per heavy atom. The second kappa shape index (κ2) is 11.6. The van der Waals surface area contributed by atoms with E-state index >= 15 is 0 Å². The molecule has 10 heteroatoms. The minimum atomic E-state index is -0.712. The zero-order valence-electron chi connectivity index (χ0n) is 21.4. The summed E-state index contributed by atoms with van der Waals surface area (Å²) in [7, 11) is 1.58. The van der Waals surface area contributed by atoms with Crippen LogP contribution in [-0.2, 0) is 11.3 Å². The van der Waals surface area contributed by atoms with Gasteiger partial charge in [0.1, 0.15) is 5.75 Å². The smallest absolute Gasteiger partial charge is 0.359 e. The summed E-state index contributed by atoms with van der Waals surface area (Å²) in [5.41, 5.74) is 7.11. The van der Waals surface area contributed by atoms with Crippen molar-refractivity contribution in [2.45, 2.75) is 53.4 Å². The van der Waals surface area contributed by atoms with Crippen LogP contribution in [0.5, 0.6) is 17.2 Å². The Morgan fingerprint density at radius 3 is 2.17 bits per heavy atom. The summed E-state index contributed by atoms with van der Waals surface area (Å²) in [5, 5.41) is 8.12. The fraction of sp³-hybridized carbons (Fsp3) is 0.385. The lowest BCUT2D eigenvalue weighted by molar-refractivity contribution is 0.0509.